The fourth-order valence-corrected chi connectivity index (χ4v) is 2.68. The molecule has 0 atom stereocenters. The molecular weight excluding hydrogens is 312 g/mol. The third kappa shape index (κ3) is 3.63. The number of fused-ring (bicyclic) bond motifs is 1. The first-order valence-electron chi connectivity index (χ1n) is 8.19. The zero-order valence-corrected chi connectivity index (χ0v) is 13.7. The Labute approximate surface area is 146 Å². The van der Waals surface area contributed by atoms with E-state index in [2.05, 4.69) is 24.3 Å². The minimum absolute atomic E-state index is 0.278. The Hall–Kier alpha value is -3.27. The lowest BCUT2D eigenvalue weighted by Gasteiger charge is -2.19. The number of hydrogen-bond acceptors (Lipinski definition) is 4. The highest BCUT2D eigenvalue weighted by Gasteiger charge is 2.12. The molecule has 0 saturated heterocycles. The van der Waals surface area contributed by atoms with E-state index in [0.29, 0.717) is 6.54 Å². The summed E-state index contributed by atoms with van der Waals surface area (Å²) >= 11 is 0. The van der Waals surface area contributed by atoms with Gasteiger partial charge in [-0.3, -0.25) is 5.01 Å². The molecule has 4 rings (SSSR count). The van der Waals surface area contributed by atoms with Crippen LogP contribution < -0.4 is 14.5 Å². The lowest BCUT2D eigenvalue weighted by Crippen LogP contribution is -2.15. The van der Waals surface area contributed by atoms with Gasteiger partial charge in [0.15, 0.2) is 11.5 Å². The van der Waals surface area contributed by atoms with Gasteiger partial charge in [0.2, 0.25) is 6.79 Å². The average Bonchev–Trinajstić information content (AvgIpc) is 3.14. The molecule has 0 N–H and O–H groups in total. The molecule has 4 nitrogen and oxygen atoms in total. The van der Waals surface area contributed by atoms with E-state index in [-0.39, 0.29) is 6.79 Å². The van der Waals surface area contributed by atoms with Crippen LogP contribution in [-0.2, 0) is 6.54 Å². The molecule has 4 heteroatoms. The lowest BCUT2D eigenvalue weighted by atomic mass is 10.2. The van der Waals surface area contributed by atoms with Crippen molar-refractivity contribution in [1.82, 2.24) is 0 Å². The van der Waals surface area contributed by atoms with E-state index in [1.165, 1.54) is 5.56 Å². The fourth-order valence-electron chi connectivity index (χ4n) is 2.68. The SMILES string of the molecule is C(=N\N(Cc1ccccc1)c1ccccc1)/c1ccc2c(c1)OCO2. The Bertz CT molecular complexity index is 864. The van der Waals surface area contributed by atoms with Crippen molar-refractivity contribution in [1.29, 1.82) is 0 Å². The maximum Gasteiger partial charge on any atom is 0.231 e. The topological polar surface area (TPSA) is 34.1 Å². The molecule has 0 saturated carbocycles. The number of ether oxygens (including phenoxy) is 2. The lowest BCUT2D eigenvalue weighted by molar-refractivity contribution is 0.174. The quantitative estimate of drug-likeness (QED) is 0.512. The van der Waals surface area contributed by atoms with Crippen LogP contribution >= 0.6 is 0 Å². The maximum absolute atomic E-state index is 5.43. The van der Waals surface area contributed by atoms with E-state index in [4.69, 9.17) is 14.6 Å². The zero-order chi connectivity index (χ0) is 16.9. The Morgan fingerprint density at radius 3 is 2.36 bits per heavy atom. The van der Waals surface area contributed by atoms with Crippen molar-refractivity contribution in [3.05, 3.63) is 90.0 Å². The summed E-state index contributed by atoms with van der Waals surface area (Å²) in [6.45, 7) is 0.978. The summed E-state index contributed by atoms with van der Waals surface area (Å²) in [5.41, 5.74) is 3.22. The highest BCUT2D eigenvalue weighted by atomic mass is 16.7. The van der Waals surface area contributed by atoms with Crippen LogP contribution in [0.3, 0.4) is 0 Å². The highest BCUT2D eigenvalue weighted by molar-refractivity contribution is 5.81. The highest BCUT2D eigenvalue weighted by Crippen LogP contribution is 2.32. The predicted octanol–water partition coefficient (Wildman–Crippen LogP) is 4.46. The van der Waals surface area contributed by atoms with Crippen molar-refractivity contribution in [3.63, 3.8) is 0 Å². The third-order valence-corrected chi connectivity index (χ3v) is 3.97. The summed E-state index contributed by atoms with van der Waals surface area (Å²) in [4.78, 5) is 0. The van der Waals surface area contributed by atoms with Gasteiger partial charge in [-0.15, -0.1) is 0 Å². The molecule has 0 aliphatic carbocycles. The Kier molecular flexibility index (Phi) is 4.33. The Balaban J connectivity index is 1.59. The number of para-hydroxylation sites is 1. The molecular formula is C21H18N2O2. The number of hydrogen-bond donors (Lipinski definition) is 0. The zero-order valence-electron chi connectivity index (χ0n) is 13.7. The van der Waals surface area contributed by atoms with Crippen LogP contribution in [0.1, 0.15) is 11.1 Å². The molecule has 0 amide bonds. The van der Waals surface area contributed by atoms with E-state index < -0.39 is 0 Å². The van der Waals surface area contributed by atoms with Gasteiger partial charge < -0.3 is 9.47 Å². The van der Waals surface area contributed by atoms with Crippen LogP contribution in [0.4, 0.5) is 5.69 Å². The predicted molar refractivity (Wildman–Crippen MR) is 99.2 cm³/mol. The molecule has 0 spiro atoms. The third-order valence-electron chi connectivity index (χ3n) is 3.97. The summed E-state index contributed by atoms with van der Waals surface area (Å²) in [6, 6.07) is 26.3. The van der Waals surface area contributed by atoms with E-state index in [1.54, 1.807) is 0 Å². The van der Waals surface area contributed by atoms with Gasteiger partial charge in [-0.05, 0) is 41.5 Å². The van der Waals surface area contributed by atoms with Gasteiger partial charge in [0.05, 0.1) is 18.4 Å². The molecule has 3 aromatic rings. The second-order valence-corrected chi connectivity index (χ2v) is 5.74. The van der Waals surface area contributed by atoms with Crippen LogP contribution in [0.2, 0.25) is 0 Å². The van der Waals surface area contributed by atoms with Crippen LogP contribution in [0.5, 0.6) is 11.5 Å². The van der Waals surface area contributed by atoms with Crippen LogP contribution in [0, 0.1) is 0 Å². The van der Waals surface area contributed by atoms with E-state index >= 15 is 0 Å². The van der Waals surface area contributed by atoms with E-state index in [1.807, 2.05) is 65.8 Å². The first-order chi connectivity index (χ1) is 12.4. The van der Waals surface area contributed by atoms with Gasteiger partial charge in [-0.2, -0.15) is 5.10 Å². The molecule has 0 bridgehead atoms. The normalized spacial score (nSPS) is 12.5. The molecule has 0 unspecified atom stereocenters. The van der Waals surface area contributed by atoms with Crippen molar-refractivity contribution in [2.75, 3.05) is 11.8 Å². The van der Waals surface area contributed by atoms with Crippen molar-refractivity contribution >= 4 is 11.9 Å². The monoisotopic (exact) mass is 330 g/mol. The van der Waals surface area contributed by atoms with Crippen molar-refractivity contribution in [2.45, 2.75) is 6.54 Å². The number of nitrogens with zero attached hydrogens (tertiary/aromatic N) is 2. The Morgan fingerprint density at radius 1 is 0.840 bits per heavy atom. The first-order valence-corrected chi connectivity index (χ1v) is 8.19. The van der Waals surface area contributed by atoms with Crippen molar-refractivity contribution in [2.24, 2.45) is 5.10 Å². The second kappa shape index (κ2) is 7.09. The molecule has 0 fully saturated rings. The minimum Gasteiger partial charge on any atom is -0.454 e. The van der Waals surface area contributed by atoms with Gasteiger partial charge in [0.1, 0.15) is 0 Å². The molecule has 124 valence electrons. The molecule has 3 aromatic carbocycles. The standard InChI is InChI=1S/C21H18N2O2/c1-3-7-17(8-4-1)15-23(19-9-5-2-6-10-19)22-14-18-11-12-20-21(13-18)25-16-24-20/h1-14H,15-16H2/b22-14+. The largest absolute Gasteiger partial charge is 0.454 e. The maximum atomic E-state index is 5.43. The molecule has 1 aliphatic rings. The number of benzene rings is 3. The van der Waals surface area contributed by atoms with Gasteiger partial charge in [-0.1, -0.05) is 48.5 Å². The van der Waals surface area contributed by atoms with Gasteiger partial charge in [-0.25, -0.2) is 0 Å². The van der Waals surface area contributed by atoms with Crippen LogP contribution in [0.25, 0.3) is 0 Å². The minimum atomic E-state index is 0.278. The van der Waals surface area contributed by atoms with E-state index in [0.717, 1.165) is 22.7 Å². The fraction of sp³-hybridized carbons (Fsp3) is 0.0952. The molecule has 0 aromatic heterocycles. The van der Waals surface area contributed by atoms with Crippen molar-refractivity contribution < 1.29 is 9.47 Å². The molecule has 25 heavy (non-hydrogen) atoms. The summed E-state index contributed by atoms with van der Waals surface area (Å²) in [7, 11) is 0. The van der Waals surface area contributed by atoms with Gasteiger partial charge in [0.25, 0.3) is 0 Å². The Morgan fingerprint density at radius 2 is 1.56 bits per heavy atom. The van der Waals surface area contributed by atoms with Crippen LogP contribution in [-0.4, -0.2) is 13.0 Å². The van der Waals surface area contributed by atoms with Crippen LogP contribution in [0.15, 0.2) is 84.0 Å². The van der Waals surface area contributed by atoms with Gasteiger partial charge >= 0.3 is 0 Å². The molecule has 0 radical (unpaired) electrons. The second-order valence-electron chi connectivity index (χ2n) is 5.74. The average molecular weight is 330 g/mol. The first kappa shape index (κ1) is 15.3. The number of anilines is 1. The van der Waals surface area contributed by atoms with Crippen molar-refractivity contribution in [3.8, 4) is 11.5 Å². The molecule has 1 aliphatic heterocycles. The summed E-state index contributed by atoms with van der Waals surface area (Å²) in [5.74, 6) is 1.54. The van der Waals surface area contributed by atoms with E-state index in [9.17, 15) is 0 Å². The number of hydrazone groups is 1. The number of rotatable bonds is 5. The summed E-state index contributed by atoms with van der Waals surface area (Å²) in [5, 5.41) is 6.68. The molecule has 1 heterocycles. The summed E-state index contributed by atoms with van der Waals surface area (Å²) in [6.07, 6.45) is 1.85. The summed E-state index contributed by atoms with van der Waals surface area (Å²) < 4.78 is 10.8. The van der Waals surface area contributed by atoms with Gasteiger partial charge in [0, 0.05) is 0 Å². The smallest absolute Gasteiger partial charge is 0.231 e.